The van der Waals surface area contributed by atoms with Crippen LogP contribution in [0.25, 0.3) is 0 Å². The second-order valence-electron chi connectivity index (χ2n) is 7.76. The Bertz CT molecular complexity index is 566. The van der Waals surface area contributed by atoms with E-state index in [1.54, 1.807) is 0 Å². The van der Waals surface area contributed by atoms with Gasteiger partial charge in [-0.3, -0.25) is 0 Å². The van der Waals surface area contributed by atoms with Crippen molar-refractivity contribution in [3.05, 3.63) is 53.1 Å². The summed E-state index contributed by atoms with van der Waals surface area (Å²) >= 11 is 0. The summed E-state index contributed by atoms with van der Waals surface area (Å²) in [7, 11) is 0. The smallest absolute Gasteiger partial charge is 0.123 e. The zero-order chi connectivity index (χ0) is 15.1. The largest absolute Gasteiger partial charge is 0.507 e. The van der Waals surface area contributed by atoms with Crippen LogP contribution in [0.15, 0.2) is 36.4 Å². The molecule has 0 bridgehead atoms. The Morgan fingerprint density at radius 1 is 0.826 bits per heavy atom. The Morgan fingerprint density at radius 3 is 1.70 bits per heavy atom. The Balaban J connectivity index is 0. The van der Waals surface area contributed by atoms with Crippen molar-refractivity contribution in [2.45, 2.75) is 58.3 Å². The van der Waals surface area contributed by atoms with Gasteiger partial charge < -0.3 is 5.11 Å². The predicted octanol–water partition coefficient (Wildman–Crippen LogP) is 6.04. The van der Waals surface area contributed by atoms with Crippen molar-refractivity contribution in [2.75, 3.05) is 0 Å². The van der Waals surface area contributed by atoms with Crippen LogP contribution in [0.3, 0.4) is 0 Å². The van der Waals surface area contributed by atoms with Crippen LogP contribution in [0, 0.1) is 0 Å². The molecule has 1 nitrogen and oxygen atoms in total. The average molecular weight is 435 g/mol. The molecule has 128 valence electrons. The van der Waals surface area contributed by atoms with Gasteiger partial charge in [-0.25, -0.2) is 0 Å². The van der Waals surface area contributed by atoms with Crippen molar-refractivity contribution in [1.29, 1.82) is 0 Å². The molecule has 0 aromatic heterocycles. The van der Waals surface area contributed by atoms with Gasteiger partial charge in [0.05, 0.1) is 0 Å². The summed E-state index contributed by atoms with van der Waals surface area (Å²) in [6.07, 6.45) is 8.36. The molecule has 23 heavy (non-hydrogen) atoms. The molecular formula is C19H28Cl2OZr. The van der Waals surface area contributed by atoms with E-state index >= 15 is 0 Å². The number of rotatable bonds is 1. The molecule has 1 N–H and O–H groups in total. The molecule has 1 aliphatic carbocycles. The van der Waals surface area contributed by atoms with E-state index < -0.39 is 0 Å². The second kappa shape index (κ2) is 8.88. The molecule has 1 aliphatic rings. The van der Waals surface area contributed by atoms with Gasteiger partial charge in [0.25, 0.3) is 0 Å². The van der Waals surface area contributed by atoms with Gasteiger partial charge in [-0.1, -0.05) is 78.0 Å². The third-order valence-corrected chi connectivity index (χ3v) is 3.92. The third kappa shape index (κ3) is 5.77. The van der Waals surface area contributed by atoms with E-state index in [4.69, 9.17) is 0 Å². The first-order valence-electron chi connectivity index (χ1n) is 7.33. The first-order valence-corrected chi connectivity index (χ1v) is 7.33. The number of allylic oxidation sites excluding steroid dienone is 4. The quantitative estimate of drug-likeness (QED) is 0.572. The van der Waals surface area contributed by atoms with Crippen LogP contribution in [0.4, 0.5) is 0 Å². The molecule has 0 saturated heterocycles. The van der Waals surface area contributed by atoms with Crippen molar-refractivity contribution in [3.8, 4) is 5.75 Å². The Morgan fingerprint density at radius 2 is 1.30 bits per heavy atom. The van der Waals surface area contributed by atoms with Crippen molar-refractivity contribution in [3.63, 3.8) is 0 Å². The van der Waals surface area contributed by atoms with E-state index in [0.717, 1.165) is 11.1 Å². The van der Waals surface area contributed by atoms with Crippen LogP contribution in [0.5, 0.6) is 5.75 Å². The fourth-order valence-corrected chi connectivity index (χ4v) is 2.55. The standard InChI is InChI=1S/C19H26O.2ClH.Zr/c1-18(2,3)14-11-15(13-9-7-8-10-13)17(20)16(12-14)19(4,5)6;;;/h7-13,20H,1-6H3;2*1H;. The second-order valence-corrected chi connectivity index (χ2v) is 7.76. The minimum Gasteiger partial charge on any atom is -0.507 e. The molecule has 0 spiro atoms. The molecule has 0 aliphatic heterocycles. The van der Waals surface area contributed by atoms with Crippen LogP contribution in [0.1, 0.15) is 64.2 Å². The number of hydrogen-bond acceptors (Lipinski definition) is 1. The van der Waals surface area contributed by atoms with Crippen molar-refractivity contribution >= 4 is 24.8 Å². The maximum absolute atomic E-state index is 10.7. The molecule has 0 fully saturated rings. The van der Waals surface area contributed by atoms with Gasteiger partial charge in [0.15, 0.2) is 0 Å². The molecule has 1 aromatic rings. The fraction of sp³-hybridized carbons (Fsp3) is 0.474. The molecule has 0 radical (unpaired) electrons. The molecular weight excluding hydrogens is 406 g/mol. The van der Waals surface area contributed by atoms with Crippen LogP contribution in [0.2, 0.25) is 0 Å². The van der Waals surface area contributed by atoms with Crippen molar-refractivity contribution in [2.24, 2.45) is 0 Å². The average Bonchev–Trinajstić information content (AvgIpc) is 2.79. The minimum absolute atomic E-state index is 0. The maximum atomic E-state index is 10.7. The van der Waals surface area contributed by atoms with Gasteiger partial charge in [0.1, 0.15) is 5.75 Å². The van der Waals surface area contributed by atoms with Crippen LogP contribution in [-0.4, -0.2) is 5.11 Å². The Kier molecular flexibility index (Phi) is 9.73. The predicted molar refractivity (Wildman–Crippen MR) is 101 cm³/mol. The summed E-state index contributed by atoms with van der Waals surface area (Å²) in [5.41, 5.74) is 3.35. The van der Waals surface area contributed by atoms with Crippen LogP contribution < -0.4 is 0 Å². The van der Waals surface area contributed by atoms with E-state index in [-0.39, 0.29) is 67.8 Å². The zero-order valence-corrected chi connectivity index (χ0v) is 18.9. The van der Waals surface area contributed by atoms with Crippen LogP contribution in [-0.2, 0) is 37.0 Å². The number of halogens is 2. The molecule has 0 saturated carbocycles. The van der Waals surface area contributed by atoms with Crippen molar-refractivity contribution < 1.29 is 31.3 Å². The number of aromatic hydroxyl groups is 1. The summed E-state index contributed by atoms with van der Waals surface area (Å²) in [5.74, 6) is 0.644. The van der Waals surface area contributed by atoms with Gasteiger partial charge in [0, 0.05) is 37.7 Å². The molecule has 0 heterocycles. The zero-order valence-electron chi connectivity index (χ0n) is 14.8. The third-order valence-electron chi connectivity index (χ3n) is 3.92. The monoisotopic (exact) mass is 432 g/mol. The Labute approximate surface area is 172 Å². The summed E-state index contributed by atoms with van der Waals surface area (Å²) in [6, 6.07) is 4.33. The van der Waals surface area contributed by atoms with Crippen molar-refractivity contribution in [1.82, 2.24) is 0 Å². The normalized spacial score (nSPS) is 14.0. The number of benzene rings is 1. The SMILES string of the molecule is CC(C)(C)c1cc(C2C=CC=C2)c(O)c(C(C)(C)C)c1.Cl.Cl.[Zr]. The fourth-order valence-electron chi connectivity index (χ4n) is 2.55. The Hall–Kier alpha value is -0.0369. The van der Waals surface area contributed by atoms with E-state index in [9.17, 15) is 5.11 Å². The van der Waals surface area contributed by atoms with Gasteiger partial charge in [-0.2, -0.15) is 0 Å². The van der Waals surface area contributed by atoms with E-state index in [1.807, 2.05) is 12.2 Å². The molecule has 1 aromatic carbocycles. The summed E-state index contributed by atoms with van der Waals surface area (Å²) < 4.78 is 0. The number of hydrogen-bond donors (Lipinski definition) is 1. The minimum atomic E-state index is -0.0634. The topological polar surface area (TPSA) is 20.2 Å². The maximum Gasteiger partial charge on any atom is 0.123 e. The molecule has 0 atom stereocenters. The molecule has 0 amide bonds. The molecule has 2 rings (SSSR count). The first kappa shape index (κ1) is 25.2. The van der Waals surface area contributed by atoms with E-state index in [2.05, 4.69) is 65.8 Å². The molecule has 0 unspecified atom stereocenters. The summed E-state index contributed by atoms with van der Waals surface area (Å²) in [4.78, 5) is 0. The first-order chi connectivity index (χ1) is 9.10. The van der Waals surface area contributed by atoms with E-state index in [1.165, 1.54) is 5.56 Å². The van der Waals surface area contributed by atoms with Gasteiger partial charge >= 0.3 is 0 Å². The van der Waals surface area contributed by atoms with Gasteiger partial charge in [0.2, 0.25) is 0 Å². The summed E-state index contributed by atoms with van der Waals surface area (Å²) in [5, 5.41) is 10.7. The number of phenols is 1. The van der Waals surface area contributed by atoms with E-state index in [0.29, 0.717) is 5.75 Å². The summed E-state index contributed by atoms with van der Waals surface area (Å²) in [6.45, 7) is 13.1. The number of phenolic OH excluding ortho intramolecular Hbond substituents is 1. The van der Waals surface area contributed by atoms with Gasteiger partial charge in [-0.15, -0.1) is 24.8 Å². The molecule has 4 heteroatoms. The van der Waals surface area contributed by atoms with Gasteiger partial charge in [-0.05, 0) is 22.0 Å². The van der Waals surface area contributed by atoms with Crippen LogP contribution >= 0.6 is 24.8 Å².